The third kappa shape index (κ3) is 9.86. The van der Waals surface area contributed by atoms with Crippen LogP contribution in [-0.4, -0.2) is 10.1 Å². The lowest BCUT2D eigenvalue weighted by atomic mass is 10.00. The number of benzene rings is 4. The van der Waals surface area contributed by atoms with E-state index in [1.54, 1.807) is 12.1 Å². The zero-order valence-electron chi connectivity index (χ0n) is 22.0. The quantitative estimate of drug-likeness (QED) is 0.204. The predicted molar refractivity (Wildman–Crippen MR) is 174 cm³/mol. The third-order valence-corrected chi connectivity index (χ3v) is 6.63. The lowest BCUT2D eigenvalue weighted by Crippen LogP contribution is -1.91. The molecule has 0 radical (unpaired) electrons. The molecule has 0 bridgehead atoms. The lowest BCUT2D eigenvalue weighted by molar-refractivity contribution is 0.475. The van der Waals surface area contributed by atoms with Crippen LogP contribution in [0.2, 0.25) is 0 Å². The van der Waals surface area contributed by atoms with Crippen LogP contribution >= 0.6 is 47.8 Å². The molecular weight excluding hydrogens is 666 g/mol. The zero-order valence-corrected chi connectivity index (χ0v) is 26.8. The number of halogens is 3. The molecule has 0 fully saturated rings. The summed E-state index contributed by atoms with van der Waals surface area (Å²) in [6, 6.07) is 37.7. The smallest absolute Gasteiger partial charge is 0.115 e. The van der Waals surface area contributed by atoms with Crippen molar-refractivity contribution in [3.8, 4) is 39.4 Å². The van der Waals surface area contributed by atoms with Gasteiger partial charge in [0, 0.05) is 24.5 Å². The van der Waals surface area contributed by atoms with Gasteiger partial charge in [-0.3, -0.25) is 0 Å². The maximum atomic E-state index is 9.60. The van der Waals surface area contributed by atoms with Gasteiger partial charge in [-0.15, -0.1) is 0 Å². The normalized spacial score (nSPS) is 9.55. The van der Waals surface area contributed by atoms with Crippen molar-refractivity contribution in [1.82, 2.24) is 4.98 Å². The van der Waals surface area contributed by atoms with Crippen molar-refractivity contribution < 1.29 is 5.11 Å². The molecule has 5 aromatic rings. The Morgan fingerprint density at radius 3 is 1.18 bits per heavy atom. The monoisotopic (exact) mass is 695 g/mol. The van der Waals surface area contributed by atoms with E-state index in [1.165, 1.54) is 0 Å². The van der Waals surface area contributed by atoms with E-state index < -0.39 is 0 Å². The number of hydrogen-bond acceptors (Lipinski definition) is 2. The summed E-state index contributed by atoms with van der Waals surface area (Å²) in [4.78, 5) is 4.90. The average molecular weight is 698 g/mol. The third-order valence-electron chi connectivity index (χ3n) is 5.04. The van der Waals surface area contributed by atoms with E-state index in [0.717, 1.165) is 47.1 Å². The SMILES string of the molecule is Brc1ccccc1.CC.CC.Oc1ccc(-c2cc(-c3ccc(Br)cc3)nc(-c3ccc(Br)cc3)c2)cc1. The number of hydrogen-bond donors (Lipinski definition) is 1. The summed E-state index contributed by atoms with van der Waals surface area (Å²) < 4.78 is 3.21. The second-order valence-corrected chi connectivity index (χ2v) is 10.2. The second kappa shape index (κ2) is 17.0. The van der Waals surface area contributed by atoms with Crippen molar-refractivity contribution in [3.63, 3.8) is 0 Å². The van der Waals surface area contributed by atoms with Gasteiger partial charge in [0.15, 0.2) is 0 Å². The molecule has 0 unspecified atom stereocenters. The number of pyridine rings is 1. The van der Waals surface area contributed by atoms with Crippen molar-refractivity contribution in [2.75, 3.05) is 0 Å². The van der Waals surface area contributed by atoms with Gasteiger partial charge < -0.3 is 5.11 Å². The Morgan fingerprint density at radius 2 is 0.816 bits per heavy atom. The highest BCUT2D eigenvalue weighted by Crippen LogP contribution is 2.31. The van der Waals surface area contributed by atoms with Crippen LogP contribution in [0.3, 0.4) is 0 Å². The van der Waals surface area contributed by atoms with Crippen LogP contribution < -0.4 is 0 Å². The van der Waals surface area contributed by atoms with Crippen molar-refractivity contribution in [1.29, 1.82) is 0 Å². The maximum absolute atomic E-state index is 9.60. The number of aromatic hydroxyl groups is 1. The highest BCUT2D eigenvalue weighted by molar-refractivity contribution is 9.11. The number of nitrogens with zero attached hydrogens (tertiary/aromatic N) is 1. The van der Waals surface area contributed by atoms with Crippen molar-refractivity contribution >= 4 is 47.8 Å². The fourth-order valence-electron chi connectivity index (χ4n) is 3.30. The molecule has 0 atom stereocenters. The summed E-state index contributed by atoms with van der Waals surface area (Å²) >= 11 is 10.3. The summed E-state index contributed by atoms with van der Waals surface area (Å²) in [7, 11) is 0. The van der Waals surface area contributed by atoms with E-state index in [1.807, 2.05) is 94.4 Å². The molecule has 1 aromatic heterocycles. The van der Waals surface area contributed by atoms with Gasteiger partial charge >= 0.3 is 0 Å². The summed E-state index contributed by atoms with van der Waals surface area (Å²) in [5.41, 5.74) is 6.01. The lowest BCUT2D eigenvalue weighted by Gasteiger charge is -2.11. The molecule has 0 aliphatic heterocycles. The van der Waals surface area contributed by atoms with E-state index in [0.29, 0.717) is 0 Å². The van der Waals surface area contributed by atoms with E-state index in [9.17, 15) is 5.11 Å². The first kappa shape index (κ1) is 31.5. The molecule has 1 heterocycles. The van der Waals surface area contributed by atoms with Crippen molar-refractivity contribution in [3.05, 3.63) is 129 Å². The van der Waals surface area contributed by atoms with Gasteiger partial charge in [-0.05, 0) is 71.8 Å². The van der Waals surface area contributed by atoms with Gasteiger partial charge in [-0.2, -0.15) is 0 Å². The highest BCUT2D eigenvalue weighted by Gasteiger charge is 2.09. The van der Waals surface area contributed by atoms with Gasteiger partial charge in [0.2, 0.25) is 0 Å². The summed E-state index contributed by atoms with van der Waals surface area (Å²) in [5.74, 6) is 0.258. The van der Waals surface area contributed by atoms with Gasteiger partial charge in [-0.1, -0.05) is 130 Å². The van der Waals surface area contributed by atoms with Gasteiger partial charge in [0.1, 0.15) is 5.75 Å². The van der Waals surface area contributed by atoms with Crippen molar-refractivity contribution in [2.24, 2.45) is 0 Å². The van der Waals surface area contributed by atoms with Gasteiger partial charge in [-0.25, -0.2) is 4.98 Å². The summed E-state index contributed by atoms with van der Waals surface area (Å²) in [6.07, 6.45) is 0. The predicted octanol–water partition coefficient (Wildman–Crippen LogP) is 11.8. The molecule has 2 nitrogen and oxygen atoms in total. The molecule has 196 valence electrons. The molecule has 38 heavy (non-hydrogen) atoms. The zero-order chi connectivity index (χ0) is 27.9. The largest absolute Gasteiger partial charge is 0.508 e. The first-order valence-corrected chi connectivity index (χ1v) is 14.9. The van der Waals surface area contributed by atoms with E-state index in [4.69, 9.17) is 4.98 Å². The molecule has 0 saturated carbocycles. The number of aromatic nitrogens is 1. The Balaban J connectivity index is 0.000000391. The standard InChI is InChI=1S/C23H15Br2NO.C6H5Br.2C2H6/c24-19-7-1-16(2-8-19)22-13-18(15-5-11-21(27)12-6-15)14-23(26-22)17-3-9-20(25)10-4-17;7-6-4-2-1-3-5-6;2*1-2/h1-14,27H;1-5H;2*1-2H3. The van der Waals surface area contributed by atoms with Gasteiger partial charge in [0.25, 0.3) is 0 Å². The Labute approximate surface area is 252 Å². The first-order valence-electron chi connectivity index (χ1n) is 12.5. The summed E-state index contributed by atoms with van der Waals surface area (Å²) in [6.45, 7) is 8.00. The molecule has 5 heteroatoms. The van der Waals surface area contributed by atoms with Crippen LogP contribution in [0.15, 0.2) is 129 Å². The molecule has 1 N–H and O–H groups in total. The molecule has 4 aromatic carbocycles. The van der Waals surface area contributed by atoms with E-state index in [-0.39, 0.29) is 5.75 Å². The Morgan fingerprint density at radius 1 is 0.447 bits per heavy atom. The average Bonchev–Trinajstić information content (AvgIpc) is 2.97. The van der Waals surface area contributed by atoms with Crippen LogP contribution in [0.5, 0.6) is 5.75 Å². The summed E-state index contributed by atoms with van der Waals surface area (Å²) in [5, 5.41) is 9.60. The minimum absolute atomic E-state index is 0.258. The molecule has 0 aliphatic carbocycles. The fourth-order valence-corrected chi connectivity index (χ4v) is 4.14. The van der Waals surface area contributed by atoms with Crippen LogP contribution in [0, 0.1) is 0 Å². The van der Waals surface area contributed by atoms with Crippen LogP contribution in [-0.2, 0) is 0 Å². The number of rotatable bonds is 3. The van der Waals surface area contributed by atoms with E-state index in [2.05, 4.69) is 84.2 Å². The fraction of sp³-hybridized carbons (Fsp3) is 0.121. The van der Waals surface area contributed by atoms with Crippen LogP contribution in [0.4, 0.5) is 0 Å². The minimum atomic E-state index is 0.258. The van der Waals surface area contributed by atoms with Crippen molar-refractivity contribution in [2.45, 2.75) is 27.7 Å². The highest BCUT2D eigenvalue weighted by atomic mass is 79.9. The minimum Gasteiger partial charge on any atom is -0.508 e. The Kier molecular flexibility index (Phi) is 14.1. The molecule has 0 spiro atoms. The van der Waals surface area contributed by atoms with Crippen LogP contribution in [0.25, 0.3) is 33.6 Å². The van der Waals surface area contributed by atoms with E-state index >= 15 is 0 Å². The molecule has 0 amide bonds. The number of phenolic OH excluding ortho intramolecular Hbond substituents is 1. The topological polar surface area (TPSA) is 33.1 Å². The Bertz CT molecular complexity index is 1200. The second-order valence-electron chi connectivity index (χ2n) is 7.48. The Hall–Kier alpha value is -2.73. The van der Waals surface area contributed by atoms with Crippen LogP contribution in [0.1, 0.15) is 27.7 Å². The molecule has 0 saturated heterocycles. The first-order chi connectivity index (χ1) is 18.5. The molecule has 5 rings (SSSR count). The molecule has 0 aliphatic rings. The maximum Gasteiger partial charge on any atom is 0.115 e. The molecular formula is C33H32Br3NO. The number of phenols is 1. The van der Waals surface area contributed by atoms with Gasteiger partial charge in [0.05, 0.1) is 11.4 Å².